The van der Waals surface area contributed by atoms with Gasteiger partial charge in [-0.2, -0.15) is 0 Å². The van der Waals surface area contributed by atoms with E-state index in [1.165, 1.54) is 6.07 Å². The van der Waals surface area contributed by atoms with Gasteiger partial charge in [-0.3, -0.25) is 0 Å². The van der Waals surface area contributed by atoms with Crippen molar-refractivity contribution in [3.8, 4) is 0 Å². The molecule has 0 radical (unpaired) electrons. The van der Waals surface area contributed by atoms with E-state index in [2.05, 4.69) is 31.9 Å². The topological polar surface area (TPSA) is 0 Å². The lowest BCUT2D eigenvalue weighted by Crippen LogP contribution is -2.21. The molecule has 0 fully saturated rings. The van der Waals surface area contributed by atoms with E-state index < -0.39 is 5.92 Å². The Labute approximate surface area is 98.0 Å². The first-order valence-electron chi connectivity index (χ1n) is 4.32. The number of fused-ring (bicyclic) bond motifs is 1. The lowest BCUT2D eigenvalue weighted by atomic mass is 9.89. The third-order valence-electron chi connectivity index (χ3n) is 2.46. The van der Waals surface area contributed by atoms with Crippen molar-refractivity contribution in [2.45, 2.75) is 23.6 Å². The molecule has 0 aliphatic heterocycles. The van der Waals surface area contributed by atoms with Gasteiger partial charge in [0.1, 0.15) is 0 Å². The van der Waals surface area contributed by atoms with Crippen LogP contribution in [0.2, 0.25) is 0 Å². The van der Waals surface area contributed by atoms with E-state index in [4.69, 9.17) is 0 Å². The van der Waals surface area contributed by atoms with Crippen LogP contribution >= 0.6 is 31.9 Å². The maximum atomic E-state index is 13.5. The first kappa shape index (κ1) is 10.6. The maximum absolute atomic E-state index is 13.5. The van der Waals surface area contributed by atoms with Gasteiger partial charge in [0, 0.05) is 21.3 Å². The predicted molar refractivity (Wildman–Crippen MR) is 58.9 cm³/mol. The molecule has 0 saturated heterocycles. The molecule has 76 valence electrons. The quantitative estimate of drug-likeness (QED) is 0.603. The smallest absolute Gasteiger partial charge is 0.201 e. The summed E-state index contributed by atoms with van der Waals surface area (Å²) in [5, 5.41) is 0. The first-order chi connectivity index (χ1) is 6.50. The fourth-order valence-corrected chi connectivity index (χ4v) is 2.71. The largest absolute Gasteiger partial charge is 0.273 e. The van der Waals surface area contributed by atoms with Crippen LogP contribution in [-0.2, 0) is 5.92 Å². The van der Waals surface area contributed by atoms with Gasteiger partial charge in [0.05, 0.1) is 0 Å². The summed E-state index contributed by atoms with van der Waals surface area (Å²) in [6.45, 7) is 0. The highest BCUT2D eigenvalue weighted by atomic mass is 79.9. The third kappa shape index (κ3) is 1.74. The molecule has 0 bridgehead atoms. The summed E-state index contributed by atoms with van der Waals surface area (Å²) in [6.07, 6.45) is 0.411. The molecule has 0 aromatic heterocycles. The highest BCUT2D eigenvalue weighted by Crippen LogP contribution is 2.47. The molecule has 0 saturated carbocycles. The van der Waals surface area contributed by atoms with E-state index in [9.17, 15) is 8.78 Å². The molecule has 0 nitrogen and oxygen atoms in total. The molecule has 1 aromatic rings. The second kappa shape index (κ2) is 3.56. The van der Waals surface area contributed by atoms with Gasteiger partial charge >= 0.3 is 0 Å². The zero-order chi connectivity index (χ0) is 10.3. The van der Waals surface area contributed by atoms with E-state index >= 15 is 0 Å². The van der Waals surface area contributed by atoms with Crippen LogP contribution in [0.4, 0.5) is 8.78 Å². The fourth-order valence-electron chi connectivity index (χ4n) is 1.72. The lowest BCUT2D eigenvalue weighted by Gasteiger charge is -2.28. The van der Waals surface area contributed by atoms with Crippen molar-refractivity contribution in [2.75, 3.05) is 0 Å². The zero-order valence-corrected chi connectivity index (χ0v) is 10.4. The van der Waals surface area contributed by atoms with Crippen molar-refractivity contribution in [3.05, 3.63) is 33.8 Å². The van der Waals surface area contributed by atoms with E-state index in [1.807, 2.05) is 0 Å². The molecule has 2 rings (SSSR count). The van der Waals surface area contributed by atoms with E-state index in [0.717, 1.165) is 0 Å². The van der Waals surface area contributed by atoms with Crippen LogP contribution < -0.4 is 0 Å². The highest BCUT2D eigenvalue weighted by Gasteiger charge is 2.39. The summed E-state index contributed by atoms with van der Waals surface area (Å²) in [6, 6.07) is 5.07. The highest BCUT2D eigenvalue weighted by molar-refractivity contribution is 9.10. The Bertz CT molecular complexity index is 363. The third-order valence-corrected chi connectivity index (χ3v) is 3.90. The monoisotopic (exact) mass is 324 g/mol. The summed E-state index contributed by atoms with van der Waals surface area (Å²) in [7, 11) is 0. The van der Waals surface area contributed by atoms with Crippen molar-refractivity contribution >= 4 is 31.9 Å². The Morgan fingerprint density at radius 1 is 1.36 bits per heavy atom. The zero-order valence-electron chi connectivity index (χ0n) is 7.24. The summed E-state index contributed by atoms with van der Waals surface area (Å²) in [4.78, 5) is 0.0604. The van der Waals surface area contributed by atoms with Gasteiger partial charge < -0.3 is 0 Å². The summed E-state index contributed by atoms with van der Waals surface area (Å²) < 4.78 is 27.7. The van der Waals surface area contributed by atoms with E-state index in [0.29, 0.717) is 16.5 Å². The number of benzene rings is 1. The van der Waals surface area contributed by atoms with Crippen molar-refractivity contribution in [1.82, 2.24) is 0 Å². The van der Waals surface area contributed by atoms with Gasteiger partial charge in [-0.05, 0) is 24.1 Å². The minimum Gasteiger partial charge on any atom is -0.201 e. The molecule has 1 unspecified atom stereocenters. The molecule has 14 heavy (non-hydrogen) atoms. The van der Waals surface area contributed by atoms with Gasteiger partial charge in [0.25, 0.3) is 5.92 Å². The first-order valence-corrected chi connectivity index (χ1v) is 6.03. The molecule has 0 heterocycles. The van der Waals surface area contributed by atoms with Gasteiger partial charge in [-0.15, -0.1) is 0 Å². The van der Waals surface area contributed by atoms with E-state index in [1.54, 1.807) is 12.1 Å². The normalized spacial score (nSPS) is 24.4. The summed E-state index contributed by atoms with van der Waals surface area (Å²) >= 11 is 6.63. The SMILES string of the molecule is FC1(F)CCC(Br)c2ccc(Br)cc21. The van der Waals surface area contributed by atoms with Crippen LogP contribution in [-0.4, -0.2) is 0 Å². The minimum atomic E-state index is -2.68. The van der Waals surface area contributed by atoms with Crippen LogP contribution in [0.15, 0.2) is 22.7 Å². The molecular formula is C10H8Br2F2. The average Bonchev–Trinajstić information content (AvgIpc) is 2.12. The fraction of sp³-hybridized carbons (Fsp3) is 0.400. The van der Waals surface area contributed by atoms with Gasteiger partial charge in [0.2, 0.25) is 0 Å². The number of hydrogen-bond donors (Lipinski definition) is 0. The molecule has 1 aliphatic rings. The Balaban J connectivity index is 2.58. The Morgan fingerprint density at radius 3 is 2.79 bits per heavy atom. The maximum Gasteiger partial charge on any atom is 0.273 e. The summed E-state index contributed by atoms with van der Waals surface area (Å²) in [5.41, 5.74) is 0.865. The number of alkyl halides is 3. The molecule has 0 amide bonds. The summed E-state index contributed by atoms with van der Waals surface area (Å²) in [5.74, 6) is -2.68. The van der Waals surface area contributed by atoms with Gasteiger partial charge in [-0.1, -0.05) is 37.9 Å². The van der Waals surface area contributed by atoms with Crippen molar-refractivity contribution in [2.24, 2.45) is 0 Å². The van der Waals surface area contributed by atoms with Crippen LogP contribution in [0.25, 0.3) is 0 Å². The number of hydrogen-bond acceptors (Lipinski definition) is 0. The Hall–Kier alpha value is 0.0400. The van der Waals surface area contributed by atoms with Crippen molar-refractivity contribution < 1.29 is 8.78 Å². The lowest BCUT2D eigenvalue weighted by molar-refractivity contribution is -0.0218. The average molecular weight is 326 g/mol. The van der Waals surface area contributed by atoms with Gasteiger partial charge in [-0.25, -0.2) is 8.78 Å². The van der Waals surface area contributed by atoms with Crippen LogP contribution in [0.3, 0.4) is 0 Å². The number of rotatable bonds is 0. The van der Waals surface area contributed by atoms with Crippen LogP contribution in [0.1, 0.15) is 28.8 Å². The number of halogens is 4. The molecule has 0 spiro atoms. The van der Waals surface area contributed by atoms with Gasteiger partial charge in [0.15, 0.2) is 0 Å². The van der Waals surface area contributed by atoms with Crippen LogP contribution in [0, 0.1) is 0 Å². The molecular weight excluding hydrogens is 318 g/mol. The molecule has 0 N–H and O–H groups in total. The standard InChI is InChI=1S/C10H8Br2F2/c11-6-1-2-7-8(5-6)10(13,14)4-3-9(7)12/h1-2,5,9H,3-4H2. The predicted octanol–water partition coefficient (Wildman–Crippen LogP) is 4.77. The van der Waals surface area contributed by atoms with Crippen molar-refractivity contribution in [3.63, 3.8) is 0 Å². The van der Waals surface area contributed by atoms with E-state index in [-0.39, 0.29) is 16.8 Å². The molecule has 1 aromatic carbocycles. The van der Waals surface area contributed by atoms with Crippen molar-refractivity contribution in [1.29, 1.82) is 0 Å². The second-order valence-electron chi connectivity index (χ2n) is 3.44. The Kier molecular flexibility index (Phi) is 2.68. The molecule has 4 heteroatoms. The Morgan fingerprint density at radius 2 is 2.07 bits per heavy atom. The second-order valence-corrected chi connectivity index (χ2v) is 5.46. The molecule has 1 aliphatic carbocycles. The minimum absolute atomic E-state index is 0.0604. The van der Waals surface area contributed by atoms with Crippen LogP contribution in [0.5, 0.6) is 0 Å². The molecule has 1 atom stereocenters.